The average Bonchev–Trinajstić information content (AvgIpc) is 2.76. The highest BCUT2D eigenvalue weighted by Gasteiger charge is 2.30. The highest BCUT2D eigenvalue weighted by atomic mass is 16.5. The lowest BCUT2D eigenvalue weighted by Crippen LogP contribution is -2.34. The quantitative estimate of drug-likeness (QED) is 0.336. The van der Waals surface area contributed by atoms with E-state index in [1.54, 1.807) is 24.3 Å². The number of nitrogens with one attached hydrogen (secondary N) is 1. The normalized spacial score (nSPS) is 14.7. The number of ether oxygens (including phenoxy) is 1. The summed E-state index contributed by atoms with van der Waals surface area (Å²) in [6.07, 6.45) is 0.488. The molecule has 0 saturated carbocycles. The molecule has 0 spiro atoms. The first-order valence-electron chi connectivity index (χ1n) is 5.70. The van der Waals surface area contributed by atoms with Gasteiger partial charge in [-0.1, -0.05) is 0 Å². The zero-order valence-electron chi connectivity index (χ0n) is 10.1. The number of hydrogen-bond donors (Lipinski definition) is 2. The van der Waals surface area contributed by atoms with Crippen LogP contribution >= 0.6 is 0 Å². The van der Waals surface area contributed by atoms with Crippen molar-refractivity contribution in [1.82, 2.24) is 5.43 Å². The summed E-state index contributed by atoms with van der Waals surface area (Å²) in [6.45, 7) is -0.197. The molecule has 1 aromatic carbocycles. The second kappa shape index (κ2) is 5.49. The van der Waals surface area contributed by atoms with Crippen molar-refractivity contribution in [2.75, 3.05) is 11.5 Å². The lowest BCUT2D eigenvalue weighted by atomic mass is 10.3. The van der Waals surface area contributed by atoms with Crippen molar-refractivity contribution in [1.29, 1.82) is 0 Å². The fourth-order valence-corrected chi connectivity index (χ4v) is 1.75. The van der Waals surface area contributed by atoms with Gasteiger partial charge in [-0.05, 0) is 24.3 Å². The second-order valence-corrected chi connectivity index (χ2v) is 3.97. The number of carbonyl (C=O) groups is 3. The number of hydrogen-bond acceptors (Lipinski definition) is 5. The van der Waals surface area contributed by atoms with E-state index in [4.69, 9.17) is 10.6 Å². The number of anilines is 1. The van der Waals surface area contributed by atoms with E-state index < -0.39 is 5.91 Å². The van der Waals surface area contributed by atoms with E-state index in [9.17, 15) is 14.4 Å². The molecule has 1 aliphatic rings. The number of carbonyl (C=O) groups excluding carboxylic acids is 3. The van der Waals surface area contributed by atoms with Crippen molar-refractivity contribution >= 4 is 23.4 Å². The number of hydrazine groups is 1. The predicted molar refractivity (Wildman–Crippen MR) is 66.0 cm³/mol. The van der Waals surface area contributed by atoms with Gasteiger partial charge in [0, 0.05) is 12.8 Å². The number of rotatable bonds is 4. The molecule has 3 amide bonds. The van der Waals surface area contributed by atoms with Crippen LogP contribution in [0.3, 0.4) is 0 Å². The van der Waals surface area contributed by atoms with Gasteiger partial charge in [0.25, 0.3) is 5.91 Å². The van der Waals surface area contributed by atoms with Crippen LogP contribution in [0.5, 0.6) is 5.75 Å². The van der Waals surface area contributed by atoms with Crippen LogP contribution in [0.4, 0.5) is 5.69 Å². The maximum atomic E-state index is 11.5. The number of benzene rings is 1. The van der Waals surface area contributed by atoms with E-state index in [-0.39, 0.29) is 31.3 Å². The molecule has 1 aliphatic heterocycles. The molecule has 3 N–H and O–H groups in total. The summed E-state index contributed by atoms with van der Waals surface area (Å²) in [7, 11) is 0. The maximum absolute atomic E-state index is 11.5. The number of nitrogens with two attached hydrogens (primary N) is 1. The second-order valence-electron chi connectivity index (χ2n) is 3.97. The van der Waals surface area contributed by atoms with E-state index in [0.717, 1.165) is 4.90 Å². The monoisotopic (exact) mass is 263 g/mol. The summed E-state index contributed by atoms with van der Waals surface area (Å²) in [5.41, 5.74) is 2.44. The molecule has 1 aromatic rings. The molecule has 0 aliphatic carbocycles. The van der Waals surface area contributed by atoms with E-state index >= 15 is 0 Å². The molecule has 0 bridgehead atoms. The summed E-state index contributed by atoms with van der Waals surface area (Å²) in [4.78, 5) is 35.1. The van der Waals surface area contributed by atoms with Gasteiger partial charge in [0.1, 0.15) is 5.75 Å². The fraction of sp³-hybridized carbons (Fsp3) is 0.250. The molecule has 7 heteroatoms. The molecule has 0 radical (unpaired) electrons. The Morgan fingerprint density at radius 3 is 2.32 bits per heavy atom. The van der Waals surface area contributed by atoms with Gasteiger partial charge in [-0.15, -0.1) is 0 Å². The molecule has 0 unspecified atom stereocenters. The Morgan fingerprint density at radius 1 is 1.21 bits per heavy atom. The standard InChI is InChI=1S/C12H13N3O4/c13-14-10(16)7-19-9-3-1-8(2-4-9)15-11(17)5-6-12(15)18/h1-4H,5-7,13H2,(H,14,16). The van der Waals surface area contributed by atoms with Gasteiger partial charge in [-0.3, -0.25) is 24.7 Å². The van der Waals surface area contributed by atoms with Gasteiger partial charge in [0.2, 0.25) is 11.8 Å². The molecule has 1 heterocycles. The van der Waals surface area contributed by atoms with Crippen molar-refractivity contribution in [3.63, 3.8) is 0 Å². The minimum absolute atomic E-state index is 0.197. The Hall–Kier alpha value is -2.41. The molecule has 0 atom stereocenters. The Kier molecular flexibility index (Phi) is 3.76. The minimum atomic E-state index is -0.450. The van der Waals surface area contributed by atoms with Crippen LogP contribution in [0.25, 0.3) is 0 Å². The third kappa shape index (κ3) is 2.89. The number of imide groups is 1. The summed E-state index contributed by atoms with van der Waals surface area (Å²) in [5, 5.41) is 0. The summed E-state index contributed by atoms with van der Waals surface area (Å²) >= 11 is 0. The van der Waals surface area contributed by atoms with E-state index in [0.29, 0.717) is 11.4 Å². The SMILES string of the molecule is NNC(=O)COc1ccc(N2C(=O)CCC2=O)cc1. The van der Waals surface area contributed by atoms with Crippen molar-refractivity contribution < 1.29 is 19.1 Å². The van der Waals surface area contributed by atoms with Crippen LogP contribution in [0.15, 0.2) is 24.3 Å². The largest absolute Gasteiger partial charge is 0.484 e. The van der Waals surface area contributed by atoms with Crippen molar-refractivity contribution in [2.24, 2.45) is 5.84 Å². The van der Waals surface area contributed by atoms with Crippen LogP contribution < -0.4 is 20.9 Å². The first-order valence-corrected chi connectivity index (χ1v) is 5.70. The lowest BCUT2D eigenvalue weighted by Gasteiger charge is -2.14. The van der Waals surface area contributed by atoms with Crippen LogP contribution in [0.1, 0.15) is 12.8 Å². The first-order chi connectivity index (χ1) is 9.11. The van der Waals surface area contributed by atoms with Gasteiger partial charge in [0.05, 0.1) is 5.69 Å². The summed E-state index contributed by atoms with van der Waals surface area (Å²) < 4.78 is 5.15. The van der Waals surface area contributed by atoms with Crippen molar-refractivity contribution in [3.05, 3.63) is 24.3 Å². The third-order valence-electron chi connectivity index (χ3n) is 2.68. The van der Waals surface area contributed by atoms with Crippen LogP contribution in [0.2, 0.25) is 0 Å². The summed E-state index contributed by atoms with van der Waals surface area (Å²) in [5.74, 6) is 4.50. The van der Waals surface area contributed by atoms with Crippen molar-refractivity contribution in [3.8, 4) is 5.75 Å². The maximum Gasteiger partial charge on any atom is 0.271 e. The Morgan fingerprint density at radius 2 is 1.79 bits per heavy atom. The molecule has 1 saturated heterocycles. The van der Waals surface area contributed by atoms with Gasteiger partial charge >= 0.3 is 0 Å². The Balaban J connectivity index is 2.04. The van der Waals surface area contributed by atoms with Gasteiger partial charge in [-0.25, -0.2) is 5.84 Å². The van der Waals surface area contributed by atoms with Gasteiger partial charge in [-0.2, -0.15) is 0 Å². The van der Waals surface area contributed by atoms with E-state index in [2.05, 4.69) is 0 Å². The van der Waals surface area contributed by atoms with Gasteiger partial charge in [0.15, 0.2) is 6.61 Å². The molecule has 7 nitrogen and oxygen atoms in total. The first kappa shape index (κ1) is 13.0. The van der Waals surface area contributed by atoms with Crippen LogP contribution in [-0.4, -0.2) is 24.3 Å². The number of amides is 3. The lowest BCUT2D eigenvalue weighted by molar-refractivity contribution is -0.123. The van der Waals surface area contributed by atoms with Gasteiger partial charge < -0.3 is 4.74 Å². The molecule has 2 rings (SSSR count). The Bertz CT molecular complexity index is 496. The highest BCUT2D eigenvalue weighted by Crippen LogP contribution is 2.24. The average molecular weight is 263 g/mol. The smallest absolute Gasteiger partial charge is 0.271 e. The zero-order chi connectivity index (χ0) is 13.8. The molecule has 19 heavy (non-hydrogen) atoms. The van der Waals surface area contributed by atoms with Crippen LogP contribution in [-0.2, 0) is 14.4 Å². The van der Waals surface area contributed by atoms with E-state index in [1.807, 2.05) is 5.43 Å². The number of nitrogens with zero attached hydrogens (tertiary/aromatic N) is 1. The molecule has 100 valence electrons. The summed E-state index contributed by atoms with van der Waals surface area (Å²) in [6, 6.07) is 6.35. The van der Waals surface area contributed by atoms with Crippen LogP contribution in [0, 0.1) is 0 Å². The molecular formula is C12H13N3O4. The topological polar surface area (TPSA) is 102 Å². The molecular weight excluding hydrogens is 250 g/mol. The fourth-order valence-electron chi connectivity index (χ4n) is 1.75. The molecule has 1 fully saturated rings. The molecule has 0 aromatic heterocycles. The van der Waals surface area contributed by atoms with Crippen molar-refractivity contribution in [2.45, 2.75) is 12.8 Å². The van der Waals surface area contributed by atoms with E-state index in [1.165, 1.54) is 0 Å². The third-order valence-corrected chi connectivity index (χ3v) is 2.68. The Labute approximate surface area is 109 Å². The highest BCUT2D eigenvalue weighted by molar-refractivity contribution is 6.19. The minimum Gasteiger partial charge on any atom is -0.484 e. The predicted octanol–water partition coefficient (Wildman–Crippen LogP) is -0.291. The zero-order valence-corrected chi connectivity index (χ0v) is 10.1.